The maximum Gasteiger partial charge on any atom is 0.252 e. The van der Waals surface area contributed by atoms with Crippen molar-refractivity contribution in [1.82, 2.24) is 5.06 Å². The number of hydroxylamine groups is 2. The van der Waals surface area contributed by atoms with Crippen LogP contribution in [0.4, 0.5) is 0 Å². The van der Waals surface area contributed by atoms with E-state index in [0.717, 1.165) is 57.8 Å². The number of hydrogen-bond donors (Lipinski definition) is 0. The average Bonchev–Trinajstić information content (AvgIpc) is 2.81. The summed E-state index contributed by atoms with van der Waals surface area (Å²) in [5, 5.41) is 1.51. The van der Waals surface area contributed by atoms with Crippen LogP contribution in [0.1, 0.15) is 113 Å². The third-order valence-electron chi connectivity index (χ3n) is 13.4. The molecule has 0 N–H and O–H groups in total. The first-order valence-corrected chi connectivity index (χ1v) is 14.7. The molecule has 0 heterocycles. The summed E-state index contributed by atoms with van der Waals surface area (Å²) in [6, 6.07) is 0. The molecule has 0 radical (unpaired) electrons. The molecule has 0 aliphatic heterocycles. The Morgan fingerprint density at radius 3 is 2.28 bits per heavy atom. The van der Waals surface area contributed by atoms with Crippen molar-refractivity contribution in [2.24, 2.45) is 50.2 Å². The van der Waals surface area contributed by atoms with Crippen LogP contribution < -0.4 is 0 Å². The second-order valence-corrected chi connectivity index (χ2v) is 15.5. The zero-order valence-corrected chi connectivity index (χ0v) is 24.6. The van der Waals surface area contributed by atoms with Crippen LogP contribution >= 0.6 is 0 Å². The van der Waals surface area contributed by atoms with Gasteiger partial charge in [0.1, 0.15) is 5.78 Å². The van der Waals surface area contributed by atoms with Crippen LogP contribution in [0.3, 0.4) is 0 Å². The van der Waals surface area contributed by atoms with Gasteiger partial charge in [0.2, 0.25) is 0 Å². The highest BCUT2D eigenvalue weighted by Gasteiger charge is 2.69. The van der Waals surface area contributed by atoms with E-state index in [9.17, 15) is 9.59 Å². The van der Waals surface area contributed by atoms with Gasteiger partial charge >= 0.3 is 0 Å². The second-order valence-electron chi connectivity index (χ2n) is 15.5. The summed E-state index contributed by atoms with van der Waals surface area (Å²) >= 11 is 0. The number of amides is 1. The molecule has 202 valence electrons. The largest absolute Gasteiger partial charge is 0.299 e. The molecule has 0 spiro atoms. The minimum Gasteiger partial charge on any atom is -0.299 e. The Labute approximate surface area is 219 Å². The van der Waals surface area contributed by atoms with E-state index in [1.807, 2.05) is 0 Å². The Balaban J connectivity index is 1.60. The quantitative estimate of drug-likeness (QED) is 0.295. The van der Waals surface area contributed by atoms with Crippen molar-refractivity contribution in [3.8, 4) is 0 Å². The summed E-state index contributed by atoms with van der Waals surface area (Å²) in [6.45, 7) is 16.9. The number of carbonyl (C=O) groups excluding carboxylic acids is 2. The Hall–Kier alpha value is -1.16. The molecular formula is C32H51NO3. The molecule has 5 rings (SSSR count). The number of rotatable bonds is 2. The minimum absolute atomic E-state index is 0.100. The van der Waals surface area contributed by atoms with Gasteiger partial charge in [0.15, 0.2) is 0 Å². The van der Waals surface area contributed by atoms with E-state index < -0.39 is 0 Å². The van der Waals surface area contributed by atoms with Gasteiger partial charge < -0.3 is 0 Å². The van der Waals surface area contributed by atoms with E-state index in [-0.39, 0.29) is 44.3 Å². The standard InChI is InChI=1S/C32H51NO3/c1-27(2)16-18-32(26(35)33(8)36-9)19-17-30(6)21(22(32)20-27)10-11-24-29(5)14-13-25(34)28(3,4)23(29)12-15-31(24,30)7/h10,22-24H,11-20H2,1-9H3/t22-,23-,24+,29-,30+,31+,32-/m0/s1. The van der Waals surface area contributed by atoms with Crippen molar-refractivity contribution in [1.29, 1.82) is 0 Å². The lowest BCUT2D eigenvalue weighted by atomic mass is 9.33. The predicted octanol–water partition coefficient (Wildman–Crippen LogP) is 7.38. The summed E-state index contributed by atoms with van der Waals surface area (Å²) in [7, 11) is 3.41. The number of nitrogens with zero attached hydrogens (tertiary/aromatic N) is 1. The molecule has 5 aliphatic rings. The summed E-state index contributed by atoms with van der Waals surface area (Å²) < 4.78 is 0. The molecule has 4 heteroatoms. The van der Waals surface area contributed by atoms with Gasteiger partial charge in [-0.05, 0) is 97.2 Å². The summed E-state index contributed by atoms with van der Waals surface area (Å²) in [5.41, 5.74) is 1.77. The van der Waals surface area contributed by atoms with Crippen molar-refractivity contribution < 1.29 is 14.4 Å². The SMILES string of the molecule is CON(C)C(=O)[C@]12CCC(C)(C)C[C@H]1C1=CC[C@@H]3[C@@]4(C)CCC(=O)C(C)(C)[C@@H]4CC[C@@]3(C)[C@]1(C)CC2. The van der Waals surface area contributed by atoms with Gasteiger partial charge in [-0.1, -0.05) is 60.1 Å². The Morgan fingerprint density at radius 2 is 1.61 bits per heavy atom. The summed E-state index contributed by atoms with van der Waals surface area (Å²) in [5.74, 6) is 2.00. The van der Waals surface area contributed by atoms with Gasteiger partial charge in [0.05, 0.1) is 12.5 Å². The first kappa shape index (κ1) is 26.4. The monoisotopic (exact) mass is 497 g/mol. The molecule has 0 saturated heterocycles. The molecular weight excluding hydrogens is 446 g/mol. The lowest BCUT2D eigenvalue weighted by molar-refractivity contribution is -0.201. The van der Waals surface area contributed by atoms with Gasteiger partial charge in [-0.3, -0.25) is 14.4 Å². The molecule has 0 aromatic rings. The van der Waals surface area contributed by atoms with Crippen molar-refractivity contribution in [3.63, 3.8) is 0 Å². The lowest BCUT2D eigenvalue weighted by Crippen LogP contribution is -2.65. The second kappa shape index (κ2) is 7.93. The van der Waals surface area contributed by atoms with Crippen LogP contribution in [-0.4, -0.2) is 30.9 Å². The van der Waals surface area contributed by atoms with Crippen molar-refractivity contribution in [2.45, 2.75) is 113 Å². The summed E-state index contributed by atoms with van der Waals surface area (Å²) in [4.78, 5) is 32.4. The number of fused-ring (bicyclic) bond motifs is 7. The average molecular weight is 498 g/mol. The summed E-state index contributed by atoms with van der Waals surface area (Å²) in [6.07, 6.45) is 13.0. The predicted molar refractivity (Wildman–Crippen MR) is 144 cm³/mol. The molecule has 36 heavy (non-hydrogen) atoms. The number of ketones is 1. The van der Waals surface area contributed by atoms with Crippen molar-refractivity contribution in [2.75, 3.05) is 14.2 Å². The highest BCUT2D eigenvalue weighted by Crippen LogP contribution is 2.75. The maximum atomic E-state index is 13.9. The molecule has 4 saturated carbocycles. The van der Waals surface area contributed by atoms with E-state index >= 15 is 0 Å². The third-order valence-corrected chi connectivity index (χ3v) is 13.4. The molecule has 5 aliphatic carbocycles. The van der Waals surface area contributed by atoms with Gasteiger partial charge in [-0.25, -0.2) is 5.06 Å². The first-order chi connectivity index (χ1) is 16.6. The third kappa shape index (κ3) is 3.21. The molecule has 0 bridgehead atoms. The van der Waals surface area contributed by atoms with E-state index in [4.69, 9.17) is 4.84 Å². The van der Waals surface area contributed by atoms with Gasteiger partial charge in [0, 0.05) is 18.9 Å². The van der Waals surface area contributed by atoms with Gasteiger partial charge in [-0.2, -0.15) is 0 Å². The van der Waals surface area contributed by atoms with Crippen LogP contribution in [0.2, 0.25) is 0 Å². The highest BCUT2D eigenvalue weighted by atomic mass is 16.7. The molecule has 1 amide bonds. The number of Topliss-reactive ketones (excluding diaryl/α,β-unsaturated/α-hetero) is 1. The van der Waals surface area contributed by atoms with E-state index in [2.05, 4.69) is 54.5 Å². The van der Waals surface area contributed by atoms with E-state index in [0.29, 0.717) is 17.6 Å². The number of allylic oxidation sites excluding steroid dienone is 2. The fraction of sp³-hybridized carbons (Fsp3) is 0.875. The van der Waals surface area contributed by atoms with Crippen molar-refractivity contribution >= 4 is 11.7 Å². The topological polar surface area (TPSA) is 46.6 Å². The lowest BCUT2D eigenvalue weighted by Gasteiger charge is -2.70. The molecule has 7 atom stereocenters. The van der Waals surface area contributed by atoms with Gasteiger partial charge in [0.25, 0.3) is 5.91 Å². The van der Waals surface area contributed by atoms with E-state index in [1.165, 1.54) is 11.5 Å². The van der Waals surface area contributed by atoms with Crippen LogP contribution in [-0.2, 0) is 14.4 Å². The van der Waals surface area contributed by atoms with Crippen LogP contribution in [0.5, 0.6) is 0 Å². The van der Waals surface area contributed by atoms with Gasteiger partial charge in [-0.15, -0.1) is 0 Å². The molecule has 0 aromatic heterocycles. The normalized spacial score (nSPS) is 47.0. The van der Waals surface area contributed by atoms with Crippen LogP contribution in [0.25, 0.3) is 0 Å². The highest BCUT2D eigenvalue weighted by molar-refractivity contribution is 5.85. The molecule has 4 nitrogen and oxygen atoms in total. The van der Waals surface area contributed by atoms with E-state index in [1.54, 1.807) is 19.7 Å². The smallest absolute Gasteiger partial charge is 0.252 e. The molecule has 0 aromatic carbocycles. The number of carbonyl (C=O) groups is 2. The minimum atomic E-state index is -0.338. The maximum absolute atomic E-state index is 13.9. The fourth-order valence-electron chi connectivity index (χ4n) is 10.8. The molecule has 0 unspecified atom stereocenters. The zero-order chi connectivity index (χ0) is 26.5. The fourth-order valence-corrected chi connectivity index (χ4v) is 10.8. The van der Waals surface area contributed by atoms with Crippen LogP contribution in [0.15, 0.2) is 11.6 Å². The van der Waals surface area contributed by atoms with Crippen molar-refractivity contribution in [3.05, 3.63) is 11.6 Å². The van der Waals surface area contributed by atoms with Crippen LogP contribution in [0, 0.1) is 50.2 Å². The Bertz CT molecular complexity index is 995. The number of hydrogen-bond acceptors (Lipinski definition) is 3. The zero-order valence-electron chi connectivity index (χ0n) is 24.6. The Morgan fingerprint density at radius 1 is 0.944 bits per heavy atom. The molecule has 4 fully saturated rings. The first-order valence-electron chi connectivity index (χ1n) is 14.7. The Kier molecular flexibility index (Phi) is 5.83.